The molecule has 2 aromatic rings. The molecule has 1 atom stereocenters. The number of oxime groups is 1. The van der Waals surface area contributed by atoms with Gasteiger partial charge in [0.1, 0.15) is 0 Å². The molecule has 1 aliphatic carbocycles. The second kappa shape index (κ2) is 7.18. The molecule has 27 heavy (non-hydrogen) atoms. The van der Waals surface area contributed by atoms with Crippen LogP contribution in [0.25, 0.3) is 0 Å². The Hall–Kier alpha value is -2.62. The van der Waals surface area contributed by atoms with E-state index in [-0.39, 0.29) is 6.10 Å². The average molecular weight is 361 g/mol. The van der Waals surface area contributed by atoms with E-state index in [0.717, 1.165) is 23.4 Å². The minimum atomic E-state index is -0.0159. The maximum absolute atomic E-state index is 5.88. The smallest absolute Gasteiger partial charge is 0.158 e. The van der Waals surface area contributed by atoms with Gasteiger partial charge in [-0.25, -0.2) is 4.99 Å². The summed E-state index contributed by atoms with van der Waals surface area (Å²) in [6.45, 7) is 4.23. The zero-order chi connectivity index (χ0) is 19.0. The van der Waals surface area contributed by atoms with Crippen molar-refractivity contribution in [3.63, 3.8) is 0 Å². The van der Waals surface area contributed by atoms with Gasteiger partial charge in [0, 0.05) is 26.1 Å². The van der Waals surface area contributed by atoms with Gasteiger partial charge in [0.25, 0.3) is 0 Å². The zero-order valence-corrected chi connectivity index (χ0v) is 16.6. The first-order valence-electron chi connectivity index (χ1n) is 9.66. The van der Waals surface area contributed by atoms with Crippen LogP contribution in [0.3, 0.4) is 0 Å². The molecule has 0 amide bonds. The Morgan fingerprint density at radius 3 is 2.59 bits per heavy atom. The monoisotopic (exact) mass is 361 g/mol. The van der Waals surface area contributed by atoms with Gasteiger partial charge in [-0.15, -0.1) is 0 Å². The third kappa shape index (κ3) is 3.75. The van der Waals surface area contributed by atoms with Gasteiger partial charge in [-0.05, 0) is 67.0 Å². The summed E-state index contributed by atoms with van der Waals surface area (Å²) in [6.07, 6.45) is 5.23. The molecule has 140 valence electrons. The van der Waals surface area contributed by atoms with E-state index in [1.165, 1.54) is 35.1 Å². The highest BCUT2D eigenvalue weighted by Gasteiger charge is 2.31. The van der Waals surface area contributed by atoms with Crippen molar-refractivity contribution in [2.75, 3.05) is 14.1 Å². The summed E-state index contributed by atoms with van der Waals surface area (Å²) in [5, 5.41) is 4.47. The van der Waals surface area contributed by atoms with Crippen LogP contribution < -0.4 is 0 Å². The SMILES string of the molecule is Cc1cc(C2CC(c3ccccc3C3CC3)=NO2)c(C)cc1/N=C\N(C)C. The van der Waals surface area contributed by atoms with Crippen molar-refractivity contribution in [1.82, 2.24) is 4.90 Å². The lowest BCUT2D eigenvalue weighted by atomic mass is 9.92. The van der Waals surface area contributed by atoms with Crippen LogP contribution in [0, 0.1) is 13.8 Å². The summed E-state index contributed by atoms with van der Waals surface area (Å²) in [5.74, 6) is 0.709. The predicted octanol–water partition coefficient (Wildman–Crippen LogP) is 5.27. The molecule has 0 aromatic heterocycles. The Balaban J connectivity index is 1.56. The average Bonchev–Trinajstić information content (AvgIpc) is 3.39. The normalized spacial score (nSPS) is 19.3. The number of aliphatic imine (C=N–C) groups is 1. The van der Waals surface area contributed by atoms with E-state index in [0.29, 0.717) is 5.92 Å². The lowest BCUT2D eigenvalue weighted by Gasteiger charge is -2.15. The van der Waals surface area contributed by atoms with Gasteiger partial charge in [0.05, 0.1) is 17.7 Å². The van der Waals surface area contributed by atoms with Crippen molar-refractivity contribution in [2.24, 2.45) is 10.1 Å². The summed E-state index contributed by atoms with van der Waals surface area (Å²) in [6, 6.07) is 13.0. The van der Waals surface area contributed by atoms with Crippen LogP contribution in [0.15, 0.2) is 46.5 Å². The second-order valence-corrected chi connectivity index (χ2v) is 7.90. The Labute approximate surface area is 161 Å². The van der Waals surface area contributed by atoms with Crippen LogP contribution in [0.5, 0.6) is 0 Å². The Bertz CT molecular complexity index is 910. The summed E-state index contributed by atoms with van der Waals surface area (Å²) < 4.78 is 0. The van der Waals surface area contributed by atoms with E-state index in [2.05, 4.69) is 60.4 Å². The maximum atomic E-state index is 5.88. The molecule has 0 N–H and O–H groups in total. The summed E-state index contributed by atoms with van der Waals surface area (Å²) in [5.41, 5.74) is 8.34. The fraction of sp³-hybridized carbons (Fsp3) is 0.391. The molecule has 0 saturated heterocycles. The van der Waals surface area contributed by atoms with E-state index in [9.17, 15) is 0 Å². The van der Waals surface area contributed by atoms with Gasteiger partial charge in [-0.2, -0.15) is 0 Å². The number of hydrogen-bond acceptors (Lipinski definition) is 3. The van der Waals surface area contributed by atoms with Crippen LogP contribution in [0.4, 0.5) is 5.69 Å². The van der Waals surface area contributed by atoms with Crippen LogP contribution in [-0.4, -0.2) is 31.0 Å². The number of benzene rings is 2. The van der Waals surface area contributed by atoms with Crippen LogP contribution in [0.1, 0.15) is 59.1 Å². The first kappa shape index (κ1) is 17.8. The number of aryl methyl sites for hydroxylation is 2. The van der Waals surface area contributed by atoms with E-state index in [1.54, 1.807) is 0 Å². The van der Waals surface area contributed by atoms with Crippen molar-refractivity contribution in [3.05, 3.63) is 64.2 Å². The van der Waals surface area contributed by atoms with Crippen molar-refractivity contribution in [2.45, 2.75) is 45.1 Å². The number of rotatable bonds is 5. The second-order valence-electron chi connectivity index (χ2n) is 7.90. The lowest BCUT2D eigenvalue weighted by molar-refractivity contribution is 0.0852. The minimum Gasteiger partial charge on any atom is -0.387 e. The van der Waals surface area contributed by atoms with Crippen molar-refractivity contribution in [3.8, 4) is 0 Å². The molecule has 0 bridgehead atoms. The lowest BCUT2D eigenvalue weighted by Crippen LogP contribution is -2.07. The molecule has 2 aliphatic rings. The molecule has 1 aliphatic heterocycles. The van der Waals surface area contributed by atoms with Gasteiger partial charge in [0.2, 0.25) is 0 Å². The Morgan fingerprint density at radius 1 is 1.07 bits per heavy atom. The first-order valence-corrected chi connectivity index (χ1v) is 9.66. The Kier molecular flexibility index (Phi) is 4.73. The van der Waals surface area contributed by atoms with Crippen molar-refractivity contribution >= 4 is 17.7 Å². The third-order valence-electron chi connectivity index (χ3n) is 5.32. The van der Waals surface area contributed by atoms with Gasteiger partial charge >= 0.3 is 0 Å². The maximum Gasteiger partial charge on any atom is 0.158 e. The number of nitrogens with zero attached hydrogens (tertiary/aromatic N) is 3. The zero-order valence-electron chi connectivity index (χ0n) is 16.6. The molecule has 0 spiro atoms. The molecule has 4 heteroatoms. The largest absolute Gasteiger partial charge is 0.387 e. The van der Waals surface area contributed by atoms with Crippen molar-refractivity contribution < 1.29 is 4.84 Å². The van der Waals surface area contributed by atoms with E-state index in [4.69, 9.17) is 4.84 Å². The third-order valence-corrected chi connectivity index (χ3v) is 5.32. The molecule has 4 nitrogen and oxygen atoms in total. The fourth-order valence-electron chi connectivity index (χ4n) is 3.70. The van der Waals surface area contributed by atoms with Gasteiger partial charge < -0.3 is 9.74 Å². The van der Waals surface area contributed by atoms with Gasteiger partial charge in [-0.3, -0.25) is 0 Å². The van der Waals surface area contributed by atoms with E-state index >= 15 is 0 Å². The molecular weight excluding hydrogens is 334 g/mol. The topological polar surface area (TPSA) is 37.2 Å². The predicted molar refractivity (Wildman–Crippen MR) is 111 cm³/mol. The quantitative estimate of drug-likeness (QED) is 0.537. The first-order chi connectivity index (χ1) is 13.0. The highest BCUT2D eigenvalue weighted by Crippen LogP contribution is 2.43. The molecule has 1 heterocycles. The Morgan fingerprint density at radius 2 is 1.85 bits per heavy atom. The standard InChI is InChI=1S/C23H27N3O/c1-15-12-21(24-14-26(3)4)16(2)11-20(15)23-13-22(25-27-23)19-8-6-5-7-18(19)17-9-10-17/h5-8,11-12,14,17,23H,9-10,13H2,1-4H3/b24-14-. The highest BCUT2D eigenvalue weighted by atomic mass is 16.6. The summed E-state index contributed by atoms with van der Waals surface area (Å²) in [7, 11) is 3.95. The molecule has 0 radical (unpaired) electrons. The molecule has 1 unspecified atom stereocenters. The van der Waals surface area contributed by atoms with E-state index in [1.807, 2.05) is 25.3 Å². The fourth-order valence-corrected chi connectivity index (χ4v) is 3.70. The molecular formula is C23H27N3O. The van der Waals surface area contributed by atoms with E-state index < -0.39 is 0 Å². The van der Waals surface area contributed by atoms with Crippen LogP contribution in [-0.2, 0) is 4.84 Å². The number of hydrogen-bond donors (Lipinski definition) is 0. The van der Waals surface area contributed by atoms with Crippen LogP contribution >= 0.6 is 0 Å². The molecule has 2 aromatic carbocycles. The molecule has 1 fully saturated rings. The molecule has 4 rings (SSSR count). The summed E-state index contributed by atoms with van der Waals surface area (Å²) in [4.78, 5) is 12.4. The van der Waals surface area contributed by atoms with Gasteiger partial charge in [0.15, 0.2) is 6.10 Å². The van der Waals surface area contributed by atoms with Gasteiger partial charge in [-0.1, -0.05) is 29.4 Å². The minimum absolute atomic E-state index is 0.0159. The van der Waals surface area contributed by atoms with Crippen LogP contribution in [0.2, 0.25) is 0 Å². The molecule has 1 saturated carbocycles. The summed E-state index contributed by atoms with van der Waals surface area (Å²) >= 11 is 0. The highest BCUT2D eigenvalue weighted by molar-refractivity contribution is 6.02. The van der Waals surface area contributed by atoms with Crippen molar-refractivity contribution in [1.29, 1.82) is 0 Å².